The van der Waals surface area contributed by atoms with Crippen LogP contribution < -0.4 is 10.6 Å². The van der Waals surface area contributed by atoms with Crippen LogP contribution in [0, 0.1) is 0 Å². The number of carbonyl (C=O) groups excluding carboxylic acids is 2. The van der Waals surface area contributed by atoms with E-state index in [4.69, 9.17) is 23.7 Å². The zero-order valence-corrected chi connectivity index (χ0v) is 21.7. The van der Waals surface area contributed by atoms with E-state index in [1.807, 2.05) is 0 Å². The number of hydrogen-bond acceptors (Lipinski definition) is 15. The third-order valence-electron chi connectivity index (χ3n) is 6.82. The topological polar surface area (TPSA) is 283 Å². The second kappa shape index (κ2) is 13.3. The first-order valence-electron chi connectivity index (χ1n) is 12.4. The summed E-state index contributed by atoms with van der Waals surface area (Å²) >= 11 is 0. The number of aliphatic hydroxyl groups is 7. The van der Waals surface area contributed by atoms with Gasteiger partial charge in [0.2, 0.25) is 11.8 Å². The molecule has 0 aromatic heterocycles. The van der Waals surface area contributed by atoms with E-state index in [0.29, 0.717) is 0 Å². The summed E-state index contributed by atoms with van der Waals surface area (Å²) in [6.45, 7) is 2.84. The van der Waals surface area contributed by atoms with Crippen LogP contribution in [0.15, 0.2) is 0 Å². The Hall–Kier alpha value is -2.07. The number of aliphatic carboxylic acids is 1. The van der Waals surface area contributed by atoms with Gasteiger partial charge in [0, 0.05) is 13.8 Å². The zero-order valence-electron chi connectivity index (χ0n) is 21.7. The summed E-state index contributed by atoms with van der Waals surface area (Å²) < 4.78 is 27.5. The van der Waals surface area contributed by atoms with Crippen molar-refractivity contribution >= 4 is 17.8 Å². The van der Waals surface area contributed by atoms with Crippen LogP contribution in [0.5, 0.6) is 0 Å². The van der Waals surface area contributed by atoms with Gasteiger partial charge in [-0.1, -0.05) is 0 Å². The Kier molecular flexibility index (Phi) is 10.8. The molecule has 3 fully saturated rings. The first-order chi connectivity index (χ1) is 18.7. The predicted octanol–water partition coefficient (Wildman–Crippen LogP) is -6.17. The summed E-state index contributed by atoms with van der Waals surface area (Å²) in [7, 11) is 0. The number of amides is 2. The van der Waals surface area contributed by atoms with E-state index in [0.717, 1.165) is 13.8 Å². The molecule has 0 saturated carbocycles. The summed E-state index contributed by atoms with van der Waals surface area (Å²) in [5.41, 5.74) is 0. The zero-order chi connectivity index (χ0) is 30.0. The van der Waals surface area contributed by atoms with E-state index in [-0.39, 0.29) is 0 Å². The Morgan fingerprint density at radius 3 is 1.82 bits per heavy atom. The van der Waals surface area contributed by atoms with E-state index < -0.39 is 116 Å². The molecule has 15 atom stereocenters. The molecule has 0 aromatic carbocycles. The van der Waals surface area contributed by atoms with Crippen molar-refractivity contribution in [3.63, 3.8) is 0 Å². The molecule has 3 rings (SSSR count). The molecule has 2 amide bonds. The summed E-state index contributed by atoms with van der Waals surface area (Å²) in [5.74, 6) is -3.01. The molecular weight excluding hydrogens is 548 g/mol. The highest BCUT2D eigenvalue weighted by Crippen LogP contribution is 2.32. The number of nitrogens with one attached hydrogen (secondary N) is 2. The van der Waals surface area contributed by atoms with Crippen molar-refractivity contribution in [2.24, 2.45) is 0 Å². The third-order valence-corrected chi connectivity index (χ3v) is 6.82. The predicted molar refractivity (Wildman–Crippen MR) is 124 cm³/mol. The second-order valence-corrected chi connectivity index (χ2v) is 9.83. The highest BCUT2D eigenvalue weighted by atomic mass is 16.7. The minimum Gasteiger partial charge on any atom is -0.479 e. The highest BCUT2D eigenvalue weighted by molar-refractivity contribution is 5.74. The van der Waals surface area contributed by atoms with Crippen molar-refractivity contribution in [3.05, 3.63) is 0 Å². The van der Waals surface area contributed by atoms with Crippen molar-refractivity contribution in [2.45, 2.75) is 113 Å². The van der Waals surface area contributed by atoms with Gasteiger partial charge < -0.3 is 75.2 Å². The maximum absolute atomic E-state index is 12.1. The molecule has 18 heteroatoms. The van der Waals surface area contributed by atoms with E-state index >= 15 is 0 Å². The van der Waals surface area contributed by atoms with Gasteiger partial charge in [-0.25, -0.2) is 4.79 Å². The van der Waals surface area contributed by atoms with Gasteiger partial charge in [0.25, 0.3) is 0 Å². The fourth-order valence-corrected chi connectivity index (χ4v) is 4.79. The van der Waals surface area contributed by atoms with Crippen molar-refractivity contribution in [2.75, 3.05) is 6.61 Å². The molecule has 3 heterocycles. The van der Waals surface area contributed by atoms with Gasteiger partial charge in [0.05, 0.1) is 12.7 Å². The van der Waals surface area contributed by atoms with E-state index in [1.54, 1.807) is 0 Å². The summed E-state index contributed by atoms with van der Waals surface area (Å²) in [6, 6.07) is -2.86. The van der Waals surface area contributed by atoms with Crippen LogP contribution in [0.1, 0.15) is 20.8 Å². The molecule has 3 saturated heterocycles. The van der Waals surface area contributed by atoms with Gasteiger partial charge in [-0.2, -0.15) is 0 Å². The quantitative estimate of drug-likeness (QED) is 0.127. The van der Waals surface area contributed by atoms with Gasteiger partial charge in [-0.3, -0.25) is 9.59 Å². The largest absolute Gasteiger partial charge is 0.479 e. The Labute approximate surface area is 227 Å². The molecule has 0 spiro atoms. The van der Waals surface area contributed by atoms with E-state index in [9.17, 15) is 55.2 Å². The van der Waals surface area contributed by atoms with Crippen LogP contribution in [0.2, 0.25) is 0 Å². The lowest BCUT2D eigenvalue weighted by molar-refractivity contribution is -0.350. The van der Waals surface area contributed by atoms with Crippen LogP contribution in [0.4, 0.5) is 0 Å². The van der Waals surface area contributed by atoms with Crippen molar-refractivity contribution in [1.82, 2.24) is 10.6 Å². The normalized spacial score (nSPS) is 45.9. The minimum absolute atomic E-state index is 0.638. The summed E-state index contributed by atoms with van der Waals surface area (Å²) in [6.07, 6.45) is -22.1. The first kappa shape index (κ1) is 32.4. The molecule has 3 aliphatic heterocycles. The number of hydrogen-bond donors (Lipinski definition) is 10. The van der Waals surface area contributed by atoms with Crippen LogP contribution in [0.3, 0.4) is 0 Å². The molecule has 0 aromatic rings. The van der Waals surface area contributed by atoms with E-state index in [1.165, 1.54) is 6.92 Å². The Morgan fingerprint density at radius 1 is 0.725 bits per heavy atom. The Morgan fingerprint density at radius 2 is 1.27 bits per heavy atom. The van der Waals surface area contributed by atoms with E-state index in [2.05, 4.69) is 10.6 Å². The van der Waals surface area contributed by atoms with Crippen molar-refractivity contribution in [1.29, 1.82) is 0 Å². The average molecular weight is 585 g/mol. The van der Waals surface area contributed by atoms with Gasteiger partial charge >= 0.3 is 5.97 Å². The fraction of sp³-hybridized carbons (Fsp3) is 0.864. The fourth-order valence-electron chi connectivity index (χ4n) is 4.79. The smallest absolute Gasteiger partial charge is 0.335 e. The van der Waals surface area contributed by atoms with Gasteiger partial charge in [-0.15, -0.1) is 0 Å². The maximum atomic E-state index is 12.1. The molecule has 0 bridgehead atoms. The van der Waals surface area contributed by atoms with Gasteiger partial charge in [-0.05, 0) is 6.92 Å². The maximum Gasteiger partial charge on any atom is 0.335 e. The standard InChI is InChI=1S/C22H36N2O16/c1-5-11(28)17(39-22-15(32)13(30)14(31)18(40-22)19(33)34)10(24-7(3)27)21(36-5)38-16-9(23-6(2)26)20(35)37-8(4-25)12(16)29/h5,8-18,20-22,25,28-32,35H,4H2,1-3H3,(H,23,26)(H,24,27)(H,33,34)/t5-,8+,9+,10-,11-,12+,13-,14-,15+,16+,17-,18-,20-,21-,22+/m0/s1. The molecule has 3 aliphatic rings. The minimum atomic E-state index is -2.02. The van der Waals surface area contributed by atoms with Crippen LogP contribution in [0.25, 0.3) is 0 Å². The summed E-state index contributed by atoms with van der Waals surface area (Å²) in [5, 5.41) is 86.3. The first-order valence-corrected chi connectivity index (χ1v) is 12.4. The lowest BCUT2D eigenvalue weighted by atomic mass is 9.94. The molecule has 0 radical (unpaired) electrons. The third kappa shape index (κ3) is 6.86. The number of carbonyl (C=O) groups is 3. The number of carboxylic acid groups (broad SMARTS) is 1. The number of carboxylic acids is 1. The molecule has 40 heavy (non-hydrogen) atoms. The van der Waals surface area contributed by atoms with Crippen molar-refractivity contribution in [3.8, 4) is 0 Å². The highest BCUT2D eigenvalue weighted by Gasteiger charge is 2.54. The number of aliphatic hydroxyl groups excluding tert-OH is 7. The molecule has 230 valence electrons. The Bertz CT molecular complexity index is 910. The molecular formula is C22H36N2O16. The lowest BCUT2D eigenvalue weighted by Gasteiger charge is -2.49. The second-order valence-electron chi connectivity index (χ2n) is 9.83. The number of rotatable bonds is 8. The SMILES string of the molecule is CC(=O)N[C@@H]1[C@H](O[C@H]2[C@H](O)[C@@H](CO)O[C@H](O)[C@@H]2NC(C)=O)O[C@@H](C)[C@H](O)[C@H]1O[C@@H]1O[C@H](C(=O)O)[C@@H](O)[C@H](O)[C@H]1O. The van der Waals surface area contributed by atoms with Crippen LogP contribution in [-0.2, 0) is 38.1 Å². The monoisotopic (exact) mass is 584 g/mol. The van der Waals surface area contributed by atoms with Crippen LogP contribution >= 0.6 is 0 Å². The van der Waals surface area contributed by atoms with Crippen molar-refractivity contribution < 1.29 is 78.9 Å². The summed E-state index contributed by atoms with van der Waals surface area (Å²) in [4.78, 5) is 35.4. The molecule has 0 unspecified atom stereocenters. The molecule has 18 nitrogen and oxygen atoms in total. The lowest BCUT2D eigenvalue weighted by Crippen LogP contribution is -2.70. The van der Waals surface area contributed by atoms with Crippen LogP contribution in [-0.4, -0.2) is 157 Å². The molecule has 10 N–H and O–H groups in total. The Balaban J connectivity index is 1.93. The number of ether oxygens (including phenoxy) is 5. The molecule has 0 aliphatic carbocycles. The van der Waals surface area contributed by atoms with Gasteiger partial charge in [0.15, 0.2) is 25.0 Å². The van der Waals surface area contributed by atoms with Gasteiger partial charge in [0.1, 0.15) is 60.9 Å². The average Bonchev–Trinajstić information content (AvgIpc) is 2.87.